The van der Waals surface area contributed by atoms with Crippen LogP contribution in [0.4, 0.5) is 0 Å². The number of carbonyl (C=O) groups excluding carboxylic acids is 2. The number of pyridine rings is 1. The minimum absolute atomic E-state index is 0.0673. The van der Waals surface area contributed by atoms with E-state index in [1.54, 1.807) is 12.1 Å². The quantitative estimate of drug-likeness (QED) is 0.549. The number of carbonyl (C=O) groups is 2. The zero-order valence-corrected chi connectivity index (χ0v) is 20.8. The summed E-state index contributed by atoms with van der Waals surface area (Å²) in [7, 11) is 1.36. The van der Waals surface area contributed by atoms with Crippen molar-refractivity contribution >= 4 is 11.9 Å². The Morgan fingerprint density at radius 2 is 1.80 bits per heavy atom. The van der Waals surface area contributed by atoms with Crippen LogP contribution < -0.4 is 10.1 Å². The number of nitrogens with one attached hydrogen (secondary N) is 1. The maximum atomic E-state index is 13.7. The molecule has 1 N–H and O–H groups in total. The summed E-state index contributed by atoms with van der Waals surface area (Å²) in [5.74, 6) is 0.715. The van der Waals surface area contributed by atoms with Crippen LogP contribution in [0.5, 0.6) is 5.88 Å². The van der Waals surface area contributed by atoms with E-state index in [1.807, 2.05) is 37.3 Å². The largest absolute Gasteiger partial charge is 0.477 e. The molecule has 0 bridgehead atoms. The van der Waals surface area contributed by atoms with Gasteiger partial charge in [0.1, 0.15) is 0 Å². The Hall–Kier alpha value is -2.93. The third kappa shape index (κ3) is 6.01. The standard InChI is InChI=1S/C28H36N2O5/c1-20(22-11-13-23(14-12-22)26(31)33-2)29-27(32)28(15-17-34-18-16-28)24-9-6-10-25(30-24)35-19-21-7-4-3-5-8-21/h6,9-14,20-21H,3-5,7-8,15-19H2,1-2H3,(H,29,32)/t20-/m0/s1. The Kier molecular flexibility index (Phi) is 8.39. The van der Waals surface area contributed by atoms with Crippen LogP contribution in [0.1, 0.15) is 79.5 Å². The lowest BCUT2D eigenvalue weighted by molar-refractivity contribution is -0.131. The molecule has 7 heteroatoms. The molecular formula is C28H36N2O5. The Morgan fingerprint density at radius 3 is 2.49 bits per heavy atom. The zero-order chi connectivity index (χ0) is 24.7. The van der Waals surface area contributed by atoms with Gasteiger partial charge in [0.15, 0.2) is 0 Å². The number of amides is 1. The van der Waals surface area contributed by atoms with Crippen molar-refractivity contribution in [3.8, 4) is 5.88 Å². The molecule has 2 heterocycles. The summed E-state index contributed by atoms with van der Waals surface area (Å²) in [6, 6.07) is 12.6. The molecule has 2 aliphatic rings. The molecule has 0 spiro atoms. The van der Waals surface area contributed by atoms with E-state index in [9.17, 15) is 9.59 Å². The summed E-state index contributed by atoms with van der Waals surface area (Å²) >= 11 is 0. The van der Waals surface area contributed by atoms with E-state index in [1.165, 1.54) is 39.2 Å². The summed E-state index contributed by atoms with van der Waals surface area (Å²) in [6.07, 6.45) is 7.40. The van der Waals surface area contributed by atoms with E-state index >= 15 is 0 Å². The van der Waals surface area contributed by atoms with Crippen LogP contribution in [0.3, 0.4) is 0 Å². The van der Waals surface area contributed by atoms with Crippen LogP contribution in [-0.4, -0.2) is 43.8 Å². The van der Waals surface area contributed by atoms with Gasteiger partial charge in [-0.25, -0.2) is 9.78 Å². The lowest BCUT2D eigenvalue weighted by Crippen LogP contribution is -2.49. The molecule has 0 radical (unpaired) electrons. The molecule has 2 fully saturated rings. The number of benzene rings is 1. The maximum absolute atomic E-state index is 13.7. The highest BCUT2D eigenvalue weighted by Crippen LogP contribution is 2.36. The van der Waals surface area contributed by atoms with Crippen molar-refractivity contribution < 1.29 is 23.8 Å². The van der Waals surface area contributed by atoms with E-state index < -0.39 is 5.41 Å². The van der Waals surface area contributed by atoms with Crippen molar-refractivity contribution in [3.63, 3.8) is 0 Å². The topological polar surface area (TPSA) is 86.8 Å². The third-order valence-corrected chi connectivity index (χ3v) is 7.37. The Morgan fingerprint density at radius 1 is 1.09 bits per heavy atom. The van der Waals surface area contributed by atoms with Gasteiger partial charge in [-0.15, -0.1) is 0 Å². The molecule has 1 aromatic carbocycles. The Bertz CT molecular complexity index is 995. The molecule has 0 unspecified atom stereocenters. The maximum Gasteiger partial charge on any atom is 0.337 e. The van der Waals surface area contributed by atoms with E-state index in [4.69, 9.17) is 19.2 Å². The monoisotopic (exact) mass is 480 g/mol. The molecular weight excluding hydrogens is 444 g/mol. The van der Waals surface area contributed by atoms with Crippen molar-refractivity contribution in [2.24, 2.45) is 5.92 Å². The Labute approximate surface area is 207 Å². The van der Waals surface area contributed by atoms with Crippen molar-refractivity contribution in [2.75, 3.05) is 26.9 Å². The molecule has 1 aliphatic carbocycles. The van der Waals surface area contributed by atoms with Crippen LogP contribution in [-0.2, 0) is 19.7 Å². The third-order valence-electron chi connectivity index (χ3n) is 7.37. The van der Waals surface area contributed by atoms with Gasteiger partial charge in [-0.05, 0) is 62.3 Å². The highest BCUT2D eigenvalue weighted by Gasteiger charge is 2.43. The average molecular weight is 481 g/mol. The highest BCUT2D eigenvalue weighted by molar-refractivity contribution is 5.89. The minimum atomic E-state index is -0.775. The molecule has 1 aliphatic heterocycles. The Balaban J connectivity index is 1.48. The lowest BCUT2D eigenvalue weighted by Gasteiger charge is -2.36. The van der Waals surface area contributed by atoms with E-state index in [2.05, 4.69) is 5.32 Å². The van der Waals surface area contributed by atoms with Gasteiger partial charge in [0.2, 0.25) is 11.8 Å². The molecule has 1 saturated carbocycles. The van der Waals surface area contributed by atoms with Crippen LogP contribution in [0.15, 0.2) is 42.5 Å². The van der Waals surface area contributed by atoms with Gasteiger partial charge in [-0.2, -0.15) is 0 Å². The number of aromatic nitrogens is 1. The predicted molar refractivity (Wildman–Crippen MR) is 132 cm³/mol. The van der Waals surface area contributed by atoms with Gasteiger partial charge >= 0.3 is 5.97 Å². The lowest BCUT2D eigenvalue weighted by atomic mass is 9.75. The number of methoxy groups -OCH3 is 1. The fourth-order valence-corrected chi connectivity index (χ4v) is 5.08. The van der Waals surface area contributed by atoms with Crippen LogP contribution >= 0.6 is 0 Å². The summed E-state index contributed by atoms with van der Waals surface area (Å²) in [5.41, 5.74) is 1.34. The van der Waals surface area contributed by atoms with Crippen LogP contribution in [0, 0.1) is 5.92 Å². The minimum Gasteiger partial charge on any atom is -0.477 e. The second kappa shape index (κ2) is 11.7. The number of ether oxygens (including phenoxy) is 3. The summed E-state index contributed by atoms with van der Waals surface area (Å²) in [4.78, 5) is 30.2. The first-order chi connectivity index (χ1) is 17.0. The van der Waals surface area contributed by atoms with E-state index in [-0.39, 0.29) is 17.9 Å². The summed E-state index contributed by atoms with van der Waals surface area (Å²) in [5, 5.41) is 3.18. The van der Waals surface area contributed by atoms with Crippen molar-refractivity contribution in [1.29, 1.82) is 0 Å². The summed E-state index contributed by atoms with van der Waals surface area (Å²) in [6.45, 7) is 3.63. The fraction of sp³-hybridized carbons (Fsp3) is 0.536. The second-order valence-corrected chi connectivity index (χ2v) is 9.68. The first kappa shape index (κ1) is 25.2. The van der Waals surface area contributed by atoms with E-state index in [0.717, 1.165) is 11.3 Å². The van der Waals surface area contributed by atoms with Gasteiger partial charge in [0, 0.05) is 19.3 Å². The van der Waals surface area contributed by atoms with Crippen LogP contribution in [0.25, 0.3) is 0 Å². The molecule has 35 heavy (non-hydrogen) atoms. The molecule has 1 amide bonds. The van der Waals surface area contributed by atoms with E-state index in [0.29, 0.717) is 50.0 Å². The molecule has 2 aromatic rings. The molecule has 188 valence electrons. The van der Waals surface area contributed by atoms with Gasteiger partial charge < -0.3 is 19.5 Å². The first-order valence-electron chi connectivity index (χ1n) is 12.7. The number of nitrogens with zero attached hydrogens (tertiary/aromatic N) is 1. The van der Waals surface area contributed by atoms with Gasteiger partial charge in [-0.3, -0.25) is 4.79 Å². The van der Waals surface area contributed by atoms with Gasteiger partial charge in [-0.1, -0.05) is 37.5 Å². The van der Waals surface area contributed by atoms with Gasteiger partial charge in [0.25, 0.3) is 0 Å². The molecule has 1 aromatic heterocycles. The van der Waals surface area contributed by atoms with Crippen molar-refractivity contribution in [3.05, 3.63) is 59.3 Å². The number of hydrogen-bond acceptors (Lipinski definition) is 6. The van der Waals surface area contributed by atoms with Gasteiger partial charge in [0.05, 0.1) is 36.4 Å². The number of esters is 1. The molecule has 4 rings (SSSR count). The SMILES string of the molecule is COC(=O)c1ccc([C@H](C)NC(=O)C2(c3cccc(OCC4CCCCC4)n3)CCOCC2)cc1. The first-order valence-corrected chi connectivity index (χ1v) is 12.7. The zero-order valence-electron chi connectivity index (χ0n) is 20.8. The second-order valence-electron chi connectivity index (χ2n) is 9.68. The normalized spacial score (nSPS) is 18.9. The number of hydrogen-bond donors (Lipinski definition) is 1. The number of rotatable bonds is 8. The molecule has 7 nitrogen and oxygen atoms in total. The fourth-order valence-electron chi connectivity index (χ4n) is 5.08. The van der Waals surface area contributed by atoms with Crippen LogP contribution in [0.2, 0.25) is 0 Å². The summed E-state index contributed by atoms with van der Waals surface area (Å²) < 4.78 is 16.5. The highest BCUT2D eigenvalue weighted by atomic mass is 16.5. The van der Waals surface area contributed by atoms with Crippen molar-refractivity contribution in [1.82, 2.24) is 10.3 Å². The van der Waals surface area contributed by atoms with Crippen molar-refractivity contribution in [2.45, 2.75) is 63.3 Å². The smallest absolute Gasteiger partial charge is 0.337 e. The average Bonchev–Trinajstić information content (AvgIpc) is 2.92. The molecule has 1 saturated heterocycles. The molecule has 1 atom stereocenters. The predicted octanol–water partition coefficient (Wildman–Crippen LogP) is 4.75.